The van der Waals surface area contributed by atoms with Crippen LogP contribution >= 0.6 is 0 Å². The van der Waals surface area contributed by atoms with E-state index in [1.54, 1.807) is 0 Å². The summed E-state index contributed by atoms with van der Waals surface area (Å²) in [5.41, 5.74) is 12.3. The lowest BCUT2D eigenvalue weighted by Gasteiger charge is -2.30. The van der Waals surface area contributed by atoms with Crippen molar-refractivity contribution in [3.8, 4) is 16.8 Å². The summed E-state index contributed by atoms with van der Waals surface area (Å²) in [6.45, 7) is 4.79. The zero-order chi connectivity index (χ0) is 35.3. The first-order chi connectivity index (χ1) is 26.0. The molecular weight excluding hydrogens is 641 g/mol. The van der Waals surface area contributed by atoms with E-state index in [0.29, 0.717) is 0 Å². The Morgan fingerprint density at radius 1 is 0.396 bits per heavy atom. The molecule has 53 heavy (non-hydrogen) atoms. The van der Waals surface area contributed by atoms with Gasteiger partial charge in [0.25, 0.3) is 0 Å². The molecule has 0 unspecified atom stereocenters. The predicted molar refractivity (Wildman–Crippen MR) is 226 cm³/mol. The molecule has 0 radical (unpaired) electrons. The van der Waals surface area contributed by atoms with Gasteiger partial charge in [0.1, 0.15) is 0 Å². The standard InChI is InChI=1S/C51H36N2/c1-51(2)45-31-37(52(47-23-11-17-33-13-5-7-19-39(33)47)48-24-12-18-34-14-6-8-20-40(34)48)25-27-41(45)42-28-26-38(32-46(42)51)53-49-22-10-9-21-43(49)44-29-35-15-3-4-16-36(35)30-50(44)53/h3-32H,1-2H3. The molecule has 1 aromatic heterocycles. The highest BCUT2D eigenvalue weighted by molar-refractivity contribution is 6.13. The Labute approximate surface area is 308 Å². The van der Waals surface area contributed by atoms with Gasteiger partial charge in [0.15, 0.2) is 0 Å². The monoisotopic (exact) mass is 676 g/mol. The molecule has 0 N–H and O–H groups in total. The maximum Gasteiger partial charge on any atom is 0.0547 e. The third-order valence-electron chi connectivity index (χ3n) is 11.7. The topological polar surface area (TPSA) is 8.17 Å². The van der Waals surface area contributed by atoms with Gasteiger partial charge in [-0.25, -0.2) is 0 Å². The molecule has 0 bridgehead atoms. The summed E-state index contributed by atoms with van der Waals surface area (Å²) >= 11 is 0. The van der Waals surface area contributed by atoms with Crippen LogP contribution in [0.25, 0.3) is 70.9 Å². The molecule has 1 aliphatic rings. The molecule has 10 aromatic rings. The van der Waals surface area contributed by atoms with Crippen LogP contribution in [0.1, 0.15) is 25.0 Å². The summed E-state index contributed by atoms with van der Waals surface area (Å²) in [6, 6.07) is 67.2. The molecule has 0 atom stereocenters. The molecule has 0 spiro atoms. The summed E-state index contributed by atoms with van der Waals surface area (Å²) in [5.74, 6) is 0. The molecule has 0 saturated carbocycles. The van der Waals surface area contributed by atoms with Gasteiger partial charge in [-0.1, -0.05) is 141 Å². The summed E-state index contributed by atoms with van der Waals surface area (Å²) in [4.78, 5) is 2.47. The van der Waals surface area contributed by atoms with E-state index < -0.39 is 0 Å². The Bertz CT molecular complexity index is 3020. The molecule has 1 aliphatic carbocycles. The van der Waals surface area contributed by atoms with Gasteiger partial charge in [-0.2, -0.15) is 0 Å². The van der Waals surface area contributed by atoms with E-state index >= 15 is 0 Å². The number of anilines is 3. The first-order valence-corrected chi connectivity index (χ1v) is 18.5. The van der Waals surface area contributed by atoms with Gasteiger partial charge in [0, 0.05) is 38.3 Å². The average Bonchev–Trinajstić information content (AvgIpc) is 3.64. The quantitative estimate of drug-likeness (QED) is 0.180. The van der Waals surface area contributed by atoms with E-state index in [-0.39, 0.29) is 5.41 Å². The van der Waals surface area contributed by atoms with Crippen LogP contribution < -0.4 is 4.90 Å². The van der Waals surface area contributed by atoms with Crippen LogP contribution in [0.4, 0.5) is 17.1 Å². The zero-order valence-electron chi connectivity index (χ0n) is 29.7. The molecule has 0 fully saturated rings. The average molecular weight is 677 g/mol. The summed E-state index contributed by atoms with van der Waals surface area (Å²) < 4.78 is 2.46. The second kappa shape index (κ2) is 11.2. The highest BCUT2D eigenvalue weighted by atomic mass is 15.1. The molecule has 1 heterocycles. The van der Waals surface area contributed by atoms with E-state index in [2.05, 4.69) is 205 Å². The smallest absolute Gasteiger partial charge is 0.0547 e. The molecule has 2 nitrogen and oxygen atoms in total. The highest BCUT2D eigenvalue weighted by Crippen LogP contribution is 2.52. The van der Waals surface area contributed by atoms with Gasteiger partial charge < -0.3 is 9.47 Å². The normalized spacial score (nSPS) is 13.2. The van der Waals surface area contributed by atoms with Crippen molar-refractivity contribution >= 4 is 71.2 Å². The Kier molecular flexibility index (Phi) is 6.33. The van der Waals surface area contributed by atoms with Crippen LogP contribution in [0.5, 0.6) is 0 Å². The molecule has 9 aromatic carbocycles. The number of benzene rings is 9. The third kappa shape index (κ3) is 4.39. The van der Waals surface area contributed by atoms with Crippen LogP contribution in [0, 0.1) is 0 Å². The second-order valence-electron chi connectivity index (χ2n) is 15.0. The summed E-state index contributed by atoms with van der Waals surface area (Å²) in [5, 5.41) is 10.0. The van der Waals surface area contributed by atoms with Crippen LogP contribution in [0.15, 0.2) is 182 Å². The number of aromatic nitrogens is 1. The van der Waals surface area contributed by atoms with Gasteiger partial charge in [-0.3, -0.25) is 0 Å². The van der Waals surface area contributed by atoms with Gasteiger partial charge in [0.2, 0.25) is 0 Å². The second-order valence-corrected chi connectivity index (χ2v) is 15.0. The lowest BCUT2D eigenvalue weighted by Crippen LogP contribution is -2.17. The fourth-order valence-electron chi connectivity index (χ4n) is 9.14. The van der Waals surface area contributed by atoms with Crippen molar-refractivity contribution in [3.63, 3.8) is 0 Å². The first kappa shape index (κ1) is 30.0. The minimum atomic E-state index is -0.217. The third-order valence-corrected chi connectivity index (χ3v) is 11.7. The van der Waals surface area contributed by atoms with E-state index in [0.717, 1.165) is 5.69 Å². The number of rotatable bonds is 4. The number of fused-ring (bicyclic) bond motifs is 9. The molecule has 11 rings (SSSR count). The number of nitrogens with zero attached hydrogens (tertiary/aromatic N) is 2. The van der Waals surface area contributed by atoms with Crippen molar-refractivity contribution in [2.45, 2.75) is 19.3 Å². The van der Waals surface area contributed by atoms with Crippen molar-refractivity contribution < 1.29 is 0 Å². The predicted octanol–water partition coefficient (Wildman–Crippen LogP) is 14.0. The van der Waals surface area contributed by atoms with E-state index in [1.807, 2.05) is 0 Å². The van der Waals surface area contributed by atoms with Crippen molar-refractivity contribution in [2.24, 2.45) is 0 Å². The Morgan fingerprint density at radius 2 is 0.925 bits per heavy atom. The van der Waals surface area contributed by atoms with Crippen LogP contribution in [-0.4, -0.2) is 4.57 Å². The van der Waals surface area contributed by atoms with Crippen molar-refractivity contribution in [3.05, 3.63) is 193 Å². The highest BCUT2D eigenvalue weighted by Gasteiger charge is 2.37. The minimum absolute atomic E-state index is 0.217. The number of hydrogen-bond donors (Lipinski definition) is 0. The Hall–Kier alpha value is -6.64. The van der Waals surface area contributed by atoms with Gasteiger partial charge in [-0.15, -0.1) is 0 Å². The van der Waals surface area contributed by atoms with Crippen LogP contribution in [-0.2, 0) is 5.41 Å². The molecule has 0 aliphatic heterocycles. The lowest BCUT2D eigenvalue weighted by atomic mass is 9.82. The Balaban J connectivity index is 1.10. The molecular formula is C51H36N2. The minimum Gasteiger partial charge on any atom is -0.309 e. The van der Waals surface area contributed by atoms with Gasteiger partial charge >= 0.3 is 0 Å². The molecule has 2 heteroatoms. The van der Waals surface area contributed by atoms with Crippen LogP contribution in [0.2, 0.25) is 0 Å². The van der Waals surface area contributed by atoms with Crippen LogP contribution in [0.3, 0.4) is 0 Å². The first-order valence-electron chi connectivity index (χ1n) is 18.5. The fraction of sp³-hybridized carbons (Fsp3) is 0.0588. The zero-order valence-corrected chi connectivity index (χ0v) is 29.7. The largest absolute Gasteiger partial charge is 0.309 e. The molecule has 0 amide bonds. The maximum absolute atomic E-state index is 2.47. The van der Waals surface area contributed by atoms with Crippen molar-refractivity contribution in [2.75, 3.05) is 4.90 Å². The lowest BCUT2D eigenvalue weighted by molar-refractivity contribution is 0.660. The molecule has 250 valence electrons. The van der Waals surface area contributed by atoms with E-state index in [9.17, 15) is 0 Å². The van der Waals surface area contributed by atoms with Crippen molar-refractivity contribution in [1.82, 2.24) is 4.57 Å². The van der Waals surface area contributed by atoms with Gasteiger partial charge in [-0.05, 0) is 98.4 Å². The summed E-state index contributed by atoms with van der Waals surface area (Å²) in [7, 11) is 0. The van der Waals surface area contributed by atoms with Crippen molar-refractivity contribution in [1.29, 1.82) is 0 Å². The SMILES string of the molecule is CC1(C)c2cc(N(c3cccc4ccccc34)c3cccc4ccccc34)ccc2-c2ccc(-n3c4ccccc4c4cc5ccccc5cc43)cc21. The van der Waals surface area contributed by atoms with E-state index in [4.69, 9.17) is 0 Å². The molecule has 0 saturated heterocycles. The van der Waals surface area contributed by atoms with E-state index in [1.165, 1.54) is 93.4 Å². The Morgan fingerprint density at radius 3 is 1.60 bits per heavy atom. The number of para-hydroxylation sites is 1. The van der Waals surface area contributed by atoms with Gasteiger partial charge in [0.05, 0.1) is 22.4 Å². The fourth-order valence-corrected chi connectivity index (χ4v) is 9.14. The maximum atomic E-state index is 2.47. The summed E-state index contributed by atoms with van der Waals surface area (Å²) in [6.07, 6.45) is 0. The number of hydrogen-bond acceptors (Lipinski definition) is 1.